The number of nitrogens with zero attached hydrogens (tertiary/aromatic N) is 1. The number of hydrogen-bond acceptors (Lipinski definition) is 5. The molecule has 0 amide bonds. The first-order valence-corrected chi connectivity index (χ1v) is 8.40. The van der Waals surface area contributed by atoms with Crippen LogP contribution in [0.2, 0.25) is 0 Å². The van der Waals surface area contributed by atoms with E-state index in [1.165, 1.54) is 18.7 Å². The number of aliphatic hydroxyl groups excluding tert-OH is 1. The lowest BCUT2D eigenvalue weighted by Gasteiger charge is -2.31. The summed E-state index contributed by atoms with van der Waals surface area (Å²) in [5, 5.41) is 17.7. The third-order valence-corrected chi connectivity index (χ3v) is 5.69. The topological polar surface area (TPSA) is 44.0 Å². The predicted molar refractivity (Wildman–Crippen MR) is 82.8 cm³/mol. The van der Waals surface area contributed by atoms with Gasteiger partial charge in [-0.2, -0.15) is 5.26 Å². The average Bonchev–Trinajstić information content (AvgIpc) is 2.39. The second-order valence-corrected chi connectivity index (χ2v) is 7.64. The van der Waals surface area contributed by atoms with Crippen molar-refractivity contribution in [1.29, 1.82) is 5.26 Å². The smallest absolute Gasteiger partial charge is 0.275 e. The molecule has 0 saturated carbocycles. The number of alkyl halides is 2. The Kier molecular flexibility index (Phi) is 9.16. The Morgan fingerprint density at radius 2 is 2.05 bits per heavy atom. The molecular formula is C12H19F2NOS3. The van der Waals surface area contributed by atoms with Gasteiger partial charge in [0, 0.05) is 6.61 Å². The van der Waals surface area contributed by atoms with Crippen LogP contribution < -0.4 is 0 Å². The molecule has 0 saturated heterocycles. The fourth-order valence-electron chi connectivity index (χ4n) is 1.29. The molecule has 0 aromatic rings. The van der Waals surface area contributed by atoms with E-state index in [2.05, 4.69) is 0 Å². The molecule has 0 heterocycles. The third-order valence-electron chi connectivity index (χ3n) is 2.68. The maximum absolute atomic E-state index is 14.1. The highest BCUT2D eigenvalue weighted by Crippen LogP contribution is 2.42. The van der Waals surface area contributed by atoms with Crippen molar-refractivity contribution in [3.8, 4) is 6.07 Å². The Morgan fingerprint density at radius 1 is 1.42 bits per heavy atom. The molecule has 0 aliphatic rings. The van der Waals surface area contributed by atoms with Crippen molar-refractivity contribution in [3.05, 3.63) is 0 Å². The number of thioether (sulfide) groups is 2. The van der Waals surface area contributed by atoms with Gasteiger partial charge in [-0.25, -0.2) is 8.78 Å². The van der Waals surface area contributed by atoms with Crippen LogP contribution in [0.15, 0.2) is 0 Å². The lowest BCUT2D eigenvalue weighted by Crippen LogP contribution is -2.40. The molecule has 0 aromatic carbocycles. The minimum absolute atomic E-state index is 0.0254. The van der Waals surface area contributed by atoms with Crippen molar-refractivity contribution in [3.63, 3.8) is 0 Å². The van der Waals surface area contributed by atoms with Crippen LogP contribution in [-0.2, 0) is 0 Å². The summed E-state index contributed by atoms with van der Waals surface area (Å²) in [6, 6.07) is 1.70. The molecule has 1 unspecified atom stereocenters. The minimum Gasteiger partial charge on any atom is -0.396 e. The van der Waals surface area contributed by atoms with Gasteiger partial charge in [-0.1, -0.05) is 19.1 Å². The van der Waals surface area contributed by atoms with Crippen molar-refractivity contribution < 1.29 is 13.9 Å². The predicted octanol–water partition coefficient (Wildman–Crippen LogP) is 4.09. The van der Waals surface area contributed by atoms with E-state index in [1.807, 2.05) is 6.92 Å². The molecule has 0 aliphatic heterocycles. The summed E-state index contributed by atoms with van der Waals surface area (Å²) in [6.07, 6.45) is 1.11. The molecule has 19 heavy (non-hydrogen) atoms. The van der Waals surface area contributed by atoms with E-state index >= 15 is 0 Å². The van der Waals surface area contributed by atoms with Crippen LogP contribution in [0.1, 0.15) is 33.1 Å². The zero-order valence-electron chi connectivity index (χ0n) is 11.1. The SMILES string of the molecule is CCCSC(=S)SCC(F)(F)C(C)(C#N)CCCO. The number of nitriles is 1. The summed E-state index contributed by atoms with van der Waals surface area (Å²) in [7, 11) is 0. The molecule has 0 aliphatic carbocycles. The standard InChI is InChI=1S/C12H19F2NOS3/c1-3-7-18-10(17)19-9-12(13,14)11(2,8-15)5-4-6-16/h16H,3-7,9H2,1-2H3. The highest BCUT2D eigenvalue weighted by Gasteiger charge is 2.50. The van der Waals surface area contributed by atoms with Crippen molar-refractivity contribution in [2.45, 2.75) is 39.0 Å². The molecule has 0 fully saturated rings. The number of rotatable bonds is 8. The summed E-state index contributed by atoms with van der Waals surface area (Å²) in [5.74, 6) is -2.80. The largest absolute Gasteiger partial charge is 0.396 e. The van der Waals surface area contributed by atoms with Gasteiger partial charge in [-0.3, -0.25) is 0 Å². The number of halogens is 2. The Bertz CT molecular complexity index is 333. The second-order valence-electron chi connectivity index (χ2n) is 4.36. The lowest BCUT2D eigenvalue weighted by atomic mass is 9.81. The van der Waals surface area contributed by atoms with E-state index in [0.717, 1.165) is 23.9 Å². The quantitative estimate of drug-likeness (QED) is 0.680. The highest BCUT2D eigenvalue weighted by molar-refractivity contribution is 8.47. The molecule has 1 N–H and O–H groups in total. The summed E-state index contributed by atoms with van der Waals surface area (Å²) >= 11 is 7.32. The van der Waals surface area contributed by atoms with Crippen molar-refractivity contribution in [1.82, 2.24) is 0 Å². The van der Waals surface area contributed by atoms with Gasteiger partial charge in [-0.05, 0) is 31.9 Å². The van der Waals surface area contributed by atoms with Gasteiger partial charge in [-0.15, -0.1) is 23.5 Å². The number of aliphatic hydroxyl groups is 1. The molecular weight excluding hydrogens is 308 g/mol. The zero-order valence-corrected chi connectivity index (χ0v) is 13.6. The van der Waals surface area contributed by atoms with Crippen molar-refractivity contribution in [2.75, 3.05) is 18.1 Å². The molecule has 0 bridgehead atoms. The van der Waals surface area contributed by atoms with Crippen LogP contribution in [0.25, 0.3) is 0 Å². The van der Waals surface area contributed by atoms with E-state index in [9.17, 15) is 8.78 Å². The molecule has 110 valence electrons. The molecule has 7 heteroatoms. The van der Waals surface area contributed by atoms with Crippen LogP contribution in [-0.4, -0.2) is 32.7 Å². The zero-order chi connectivity index (χ0) is 14.9. The van der Waals surface area contributed by atoms with Gasteiger partial charge in [0.1, 0.15) is 8.94 Å². The Morgan fingerprint density at radius 3 is 2.53 bits per heavy atom. The van der Waals surface area contributed by atoms with Crippen LogP contribution in [0, 0.1) is 16.7 Å². The van der Waals surface area contributed by atoms with Crippen molar-refractivity contribution >= 4 is 39.3 Å². The van der Waals surface area contributed by atoms with Crippen LogP contribution in [0.3, 0.4) is 0 Å². The molecule has 0 radical (unpaired) electrons. The van der Waals surface area contributed by atoms with E-state index in [1.54, 1.807) is 6.07 Å². The highest BCUT2D eigenvalue weighted by atomic mass is 32.2. The van der Waals surface area contributed by atoms with E-state index in [0.29, 0.717) is 3.53 Å². The Hall–Kier alpha value is 0.1000. The number of hydrogen-bond donors (Lipinski definition) is 1. The van der Waals surface area contributed by atoms with Gasteiger partial charge in [0.05, 0.1) is 11.8 Å². The Balaban J connectivity index is 4.49. The fraction of sp³-hybridized carbons (Fsp3) is 0.833. The average molecular weight is 327 g/mol. The second kappa shape index (κ2) is 9.11. The van der Waals surface area contributed by atoms with Crippen molar-refractivity contribution in [2.24, 2.45) is 5.41 Å². The molecule has 0 rings (SSSR count). The van der Waals surface area contributed by atoms with Gasteiger partial charge < -0.3 is 5.11 Å². The first-order chi connectivity index (χ1) is 8.83. The van der Waals surface area contributed by atoms with Gasteiger partial charge in [0.25, 0.3) is 5.92 Å². The minimum atomic E-state index is -3.13. The van der Waals surface area contributed by atoms with Crippen LogP contribution in [0.5, 0.6) is 0 Å². The normalized spacial score (nSPS) is 14.7. The first-order valence-electron chi connectivity index (χ1n) is 6.02. The summed E-state index contributed by atoms with van der Waals surface area (Å²) in [6.45, 7) is 3.05. The van der Waals surface area contributed by atoms with Crippen LogP contribution >= 0.6 is 35.7 Å². The summed E-state index contributed by atoms with van der Waals surface area (Å²) < 4.78 is 28.7. The number of thiocarbonyl (C=S) groups is 1. The molecule has 2 nitrogen and oxygen atoms in total. The maximum Gasteiger partial charge on any atom is 0.275 e. The van der Waals surface area contributed by atoms with Gasteiger partial charge in [0.2, 0.25) is 0 Å². The fourth-order valence-corrected chi connectivity index (χ4v) is 3.46. The lowest BCUT2D eigenvalue weighted by molar-refractivity contribution is -0.0687. The Labute approximate surface area is 127 Å². The van der Waals surface area contributed by atoms with E-state index < -0.39 is 17.1 Å². The van der Waals surface area contributed by atoms with Gasteiger partial charge >= 0.3 is 0 Å². The maximum atomic E-state index is 14.1. The van der Waals surface area contributed by atoms with E-state index in [4.69, 9.17) is 22.6 Å². The van der Waals surface area contributed by atoms with E-state index in [-0.39, 0.29) is 19.4 Å². The first kappa shape index (κ1) is 19.1. The molecule has 0 spiro atoms. The molecule has 0 aromatic heterocycles. The van der Waals surface area contributed by atoms with Gasteiger partial charge in [0.15, 0.2) is 0 Å². The summed E-state index contributed by atoms with van der Waals surface area (Å²) in [5.41, 5.74) is -1.76. The molecule has 1 atom stereocenters. The summed E-state index contributed by atoms with van der Waals surface area (Å²) in [4.78, 5) is 0. The third kappa shape index (κ3) is 6.39. The monoisotopic (exact) mass is 327 g/mol. The van der Waals surface area contributed by atoms with Crippen LogP contribution in [0.4, 0.5) is 8.78 Å².